The molecule has 0 aliphatic heterocycles. The summed E-state index contributed by atoms with van der Waals surface area (Å²) in [4.78, 5) is 0. The molecule has 0 aromatic heterocycles. The zero-order valence-electron chi connectivity index (χ0n) is 10.0. The fraction of sp³-hybridized carbons (Fsp3) is 0.857. The van der Waals surface area contributed by atoms with Gasteiger partial charge in [0.2, 0.25) is 0 Å². The van der Waals surface area contributed by atoms with Crippen LogP contribution in [0.3, 0.4) is 0 Å². The van der Waals surface area contributed by atoms with Gasteiger partial charge in [-0.25, -0.2) is 0 Å². The first-order chi connectivity index (χ1) is 7.24. The minimum atomic E-state index is -0.0464. The minimum absolute atomic E-state index is 0.0464. The molecule has 1 heteroatoms. The van der Waals surface area contributed by atoms with Crippen molar-refractivity contribution in [2.45, 2.75) is 52.1 Å². The highest BCUT2D eigenvalue weighted by molar-refractivity contribution is 5.11. The lowest BCUT2D eigenvalue weighted by Gasteiger charge is -2.27. The lowest BCUT2D eigenvalue weighted by atomic mass is 9.83. The normalized spacial score (nSPS) is 35.3. The van der Waals surface area contributed by atoms with Gasteiger partial charge in [-0.1, -0.05) is 38.8 Å². The van der Waals surface area contributed by atoms with Gasteiger partial charge in [-0.2, -0.15) is 0 Å². The smallest absolute Gasteiger partial charge is 0.0576 e. The Hall–Kier alpha value is -0.300. The molecule has 86 valence electrons. The van der Waals surface area contributed by atoms with Gasteiger partial charge in [0.25, 0.3) is 0 Å². The lowest BCUT2D eigenvalue weighted by molar-refractivity contribution is 0.0677. The average Bonchev–Trinajstić information content (AvgIpc) is 2.87. The van der Waals surface area contributed by atoms with Gasteiger partial charge in [0, 0.05) is 0 Å². The summed E-state index contributed by atoms with van der Waals surface area (Å²) in [6, 6.07) is 0. The molecule has 0 radical (unpaired) electrons. The van der Waals surface area contributed by atoms with Crippen molar-refractivity contribution in [2.24, 2.45) is 23.7 Å². The van der Waals surface area contributed by atoms with E-state index in [0.717, 1.165) is 18.3 Å². The fourth-order valence-corrected chi connectivity index (χ4v) is 3.40. The van der Waals surface area contributed by atoms with Gasteiger partial charge in [0.15, 0.2) is 0 Å². The summed E-state index contributed by atoms with van der Waals surface area (Å²) in [5.41, 5.74) is 0. The predicted octanol–water partition coefficient (Wildman–Crippen LogP) is 3.39. The Kier molecular flexibility index (Phi) is 3.50. The van der Waals surface area contributed by atoms with Crippen molar-refractivity contribution in [3.05, 3.63) is 12.2 Å². The molecule has 0 amide bonds. The molecule has 1 saturated carbocycles. The second-order valence-corrected chi connectivity index (χ2v) is 5.43. The highest BCUT2D eigenvalue weighted by Crippen LogP contribution is 2.46. The standard InChI is InChI=1S/C14H24O/c1-3-10(4-2)9-14(15)13-8-11-5-6-12(13)7-11/h5-6,10-15H,3-4,7-9H2,1-2H3/t11?,12?,13-,14-/m0/s1. The van der Waals surface area contributed by atoms with Crippen LogP contribution in [0.15, 0.2) is 12.2 Å². The molecule has 0 saturated heterocycles. The van der Waals surface area contributed by atoms with Crippen LogP contribution in [0.2, 0.25) is 0 Å². The largest absolute Gasteiger partial charge is 0.393 e. The van der Waals surface area contributed by atoms with Gasteiger partial charge in [0.1, 0.15) is 0 Å². The molecule has 2 aliphatic carbocycles. The van der Waals surface area contributed by atoms with Crippen LogP contribution in [0.25, 0.3) is 0 Å². The third-order valence-corrected chi connectivity index (χ3v) is 4.55. The van der Waals surface area contributed by atoms with Crippen LogP contribution in [0.4, 0.5) is 0 Å². The summed E-state index contributed by atoms with van der Waals surface area (Å²) in [5.74, 6) is 2.78. The summed E-state index contributed by atoms with van der Waals surface area (Å²) in [6.45, 7) is 4.48. The second kappa shape index (κ2) is 4.69. The van der Waals surface area contributed by atoms with Crippen LogP contribution in [0.1, 0.15) is 46.0 Å². The molecule has 2 rings (SSSR count). The van der Waals surface area contributed by atoms with E-state index in [-0.39, 0.29) is 6.10 Å². The highest BCUT2D eigenvalue weighted by atomic mass is 16.3. The summed E-state index contributed by atoms with van der Waals surface area (Å²) in [6.07, 6.45) is 10.6. The maximum atomic E-state index is 10.3. The number of fused-ring (bicyclic) bond motifs is 2. The van der Waals surface area contributed by atoms with Gasteiger partial charge < -0.3 is 5.11 Å². The highest BCUT2D eigenvalue weighted by Gasteiger charge is 2.39. The number of hydrogen-bond donors (Lipinski definition) is 1. The first-order valence-corrected chi connectivity index (χ1v) is 6.61. The molecule has 2 bridgehead atoms. The van der Waals surface area contributed by atoms with Gasteiger partial charge in [-0.15, -0.1) is 0 Å². The van der Waals surface area contributed by atoms with Crippen LogP contribution >= 0.6 is 0 Å². The predicted molar refractivity (Wildman–Crippen MR) is 63.5 cm³/mol. The number of aliphatic hydroxyl groups is 1. The van der Waals surface area contributed by atoms with E-state index in [1.165, 1.54) is 25.7 Å². The lowest BCUT2D eigenvalue weighted by Crippen LogP contribution is -2.26. The Morgan fingerprint density at radius 1 is 1.20 bits per heavy atom. The van der Waals surface area contributed by atoms with Crippen molar-refractivity contribution < 1.29 is 5.11 Å². The number of aliphatic hydroxyl groups excluding tert-OH is 1. The zero-order chi connectivity index (χ0) is 10.8. The molecule has 1 fully saturated rings. The van der Waals surface area contributed by atoms with Crippen LogP contribution in [0.5, 0.6) is 0 Å². The molecular weight excluding hydrogens is 184 g/mol. The monoisotopic (exact) mass is 208 g/mol. The van der Waals surface area contributed by atoms with Crippen molar-refractivity contribution in [2.75, 3.05) is 0 Å². The molecular formula is C14H24O. The maximum absolute atomic E-state index is 10.3. The van der Waals surface area contributed by atoms with E-state index in [0.29, 0.717) is 11.8 Å². The van der Waals surface area contributed by atoms with Crippen LogP contribution in [0, 0.1) is 23.7 Å². The SMILES string of the molecule is CCC(CC)C[C@H](O)[C@H]1CC2C=CC1C2. The molecule has 0 aromatic carbocycles. The van der Waals surface area contributed by atoms with E-state index in [2.05, 4.69) is 26.0 Å². The Bertz CT molecular complexity index is 229. The quantitative estimate of drug-likeness (QED) is 0.687. The molecule has 4 atom stereocenters. The van der Waals surface area contributed by atoms with Gasteiger partial charge in [-0.3, -0.25) is 0 Å². The number of rotatable bonds is 5. The molecule has 1 N–H and O–H groups in total. The van der Waals surface area contributed by atoms with Gasteiger partial charge in [0.05, 0.1) is 6.10 Å². The molecule has 1 nitrogen and oxygen atoms in total. The topological polar surface area (TPSA) is 20.2 Å². The first-order valence-electron chi connectivity index (χ1n) is 6.61. The molecule has 2 unspecified atom stereocenters. The Morgan fingerprint density at radius 3 is 2.40 bits per heavy atom. The van der Waals surface area contributed by atoms with Gasteiger partial charge in [-0.05, 0) is 42.9 Å². The third kappa shape index (κ3) is 2.28. The van der Waals surface area contributed by atoms with E-state index >= 15 is 0 Å². The van der Waals surface area contributed by atoms with E-state index in [4.69, 9.17) is 0 Å². The maximum Gasteiger partial charge on any atom is 0.0576 e. The fourth-order valence-electron chi connectivity index (χ4n) is 3.40. The summed E-state index contributed by atoms with van der Waals surface area (Å²) >= 11 is 0. The minimum Gasteiger partial charge on any atom is -0.393 e. The van der Waals surface area contributed by atoms with E-state index in [1.807, 2.05) is 0 Å². The van der Waals surface area contributed by atoms with Crippen molar-refractivity contribution >= 4 is 0 Å². The second-order valence-electron chi connectivity index (χ2n) is 5.43. The number of hydrogen-bond acceptors (Lipinski definition) is 1. The molecule has 15 heavy (non-hydrogen) atoms. The Labute approximate surface area is 93.6 Å². The third-order valence-electron chi connectivity index (χ3n) is 4.55. The average molecular weight is 208 g/mol. The molecule has 2 aliphatic rings. The van der Waals surface area contributed by atoms with E-state index in [9.17, 15) is 5.11 Å². The summed E-state index contributed by atoms with van der Waals surface area (Å²) < 4.78 is 0. The van der Waals surface area contributed by atoms with Crippen LogP contribution < -0.4 is 0 Å². The van der Waals surface area contributed by atoms with Crippen molar-refractivity contribution in [3.8, 4) is 0 Å². The zero-order valence-corrected chi connectivity index (χ0v) is 10.0. The van der Waals surface area contributed by atoms with Crippen LogP contribution in [-0.4, -0.2) is 11.2 Å². The molecule has 0 heterocycles. The van der Waals surface area contributed by atoms with Crippen molar-refractivity contribution in [1.82, 2.24) is 0 Å². The molecule has 0 spiro atoms. The number of allylic oxidation sites excluding steroid dienone is 2. The summed E-state index contributed by atoms with van der Waals surface area (Å²) in [5, 5.41) is 10.3. The van der Waals surface area contributed by atoms with Crippen molar-refractivity contribution in [1.29, 1.82) is 0 Å². The van der Waals surface area contributed by atoms with E-state index < -0.39 is 0 Å². The summed E-state index contributed by atoms with van der Waals surface area (Å²) in [7, 11) is 0. The Morgan fingerprint density at radius 2 is 1.93 bits per heavy atom. The Balaban J connectivity index is 1.86. The van der Waals surface area contributed by atoms with Crippen molar-refractivity contribution in [3.63, 3.8) is 0 Å². The molecule has 0 aromatic rings. The first kappa shape index (κ1) is 11.2. The van der Waals surface area contributed by atoms with Crippen LogP contribution in [-0.2, 0) is 0 Å². The van der Waals surface area contributed by atoms with E-state index in [1.54, 1.807) is 0 Å². The van der Waals surface area contributed by atoms with Gasteiger partial charge >= 0.3 is 0 Å².